The molecule has 8 nitrogen and oxygen atoms in total. The quantitative estimate of drug-likeness (QED) is 0.578. The average molecular weight is 458 g/mol. The molecule has 1 saturated carbocycles. The number of aliphatic hydroxyl groups is 1. The molecule has 8 heteroatoms. The summed E-state index contributed by atoms with van der Waals surface area (Å²) in [5.74, 6) is 0.403. The van der Waals surface area contributed by atoms with Gasteiger partial charge in [0, 0.05) is 32.4 Å². The maximum atomic E-state index is 13.7. The predicted octanol–water partition coefficient (Wildman–Crippen LogP) is 2.07. The molecule has 0 aromatic carbocycles. The lowest BCUT2D eigenvalue weighted by atomic mass is 9.78. The Morgan fingerprint density at radius 2 is 1.94 bits per heavy atom. The summed E-state index contributed by atoms with van der Waals surface area (Å²) in [4.78, 5) is 35.5. The topological polar surface area (TPSA) is 112 Å². The van der Waals surface area contributed by atoms with E-state index >= 15 is 0 Å². The number of aliphatic hydroxyl groups excluding tert-OH is 1. The molecule has 1 aromatic rings. The molecular weight excluding hydrogens is 418 g/mol. The second kappa shape index (κ2) is 10.4. The van der Waals surface area contributed by atoms with Gasteiger partial charge in [0.15, 0.2) is 0 Å². The van der Waals surface area contributed by atoms with Gasteiger partial charge in [-0.2, -0.15) is 0 Å². The van der Waals surface area contributed by atoms with E-state index < -0.39 is 17.7 Å². The number of pyridine rings is 1. The van der Waals surface area contributed by atoms with E-state index in [-0.39, 0.29) is 17.7 Å². The number of nitrogen functional groups attached to an aromatic ring is 1. The van der Waals surface area contributed by atoms with Gasteiger partial charge in [-0.1, -0.05) is 38.7 Å². The van der Waals surface area contributed by atoms with Gasteiger partial charge in [-0.25, -0.2) is 4.98 Å². The number of carbonyl (C=O) groups is 2. The van der Waals surface area contributed by atoms with Crippen LogP contribution in [-0.2, 0) is 16.1 Å². The number of nitrogens with zero attached hydrogens (tertiary/aromatic N) is 3. The van der Waals surface area contributed by atoms with Crippen LogP contribution in [-0.4, -0.2) is 69.0 Å². The molecule has 3 heterocycles. The molecule has 1 aliphatic carbocycles. The van der Waals surface area contributed by atoms with E-state index in [1.54, 1.807) is 12.3 Å². The van der Waals surface area contributed by atoms with Crippen LogP contribution in [0.1, 0.15) is 70.3 Å². The van der Waals surface area contributed by atoms with Gasteiger partial charge in [0.1, 0.15) is 17.4 Å². The number of hydrogen-bond donors (Lipinski definition) is 3. The minimum Gasteiger partial charge on any atom is -0.390 e. The Morgan fingerprint density at radius 3 is 2.58 bits per heavy atom. The molecule has 0 bridgehead atoms. The van der Waals surface area contributed by atoms with E-state index in [2.05, 4.69) is 22.1 Å². The number of likely N-dealkylation sites (tertiary alicyclic amines) is 1. The van der Waals surface area contributed by atoms with Gasteiger partial charge in [0.05, 0.1) is 6.10 Å². The number of carbonyl (C=O) groups excluding carboxylic acids is 2. The molecule has 3 fully saturated rings. The van der Waals surface area contributed by atoms with Crippen molar-refractivity contribution < 1.29 is 14.7 Å². The third-order valence-electron chi connectivity index (χ3n) is 7.90. The smallest absolute Gasteiger partial charge is 0.248 e. The highest BCUT2D eigenvalue weighted by molar-refractivity contribution is 6.00. The van der Waals surface area contributed by atoms with Crippen LogP contribution >= 0.6 is 0 Å². The Bertz CT molecular complexity index is 816. The van der Waals surface area contributed by atoms with Crippen molar-refractivity contribution in [3.63, 3.8) is 0 Å². The number of rotatable bonds is 7. The van der Waals surface area contributed by atoms with Crippen LogP contribution in [0, 0.1) is 5.92 Å². The van der Waals surface area contributed by atoms with Crippen LogP contribution in [0.15, 0.2) is 18.3 Å². The number of piperazine rings is 1. The van der Waals surface area contributed by atoms with E-state index in [1.165, 1.54) is 6.42 Å². The Balaban J connectivity index is 1.47. The lowest BCUT2D eigenvalue weighted by molar-refractivity contribution is -0.166. The number of anilines is 1. The number of aromatic nitrogens is 1. The number of nitrogens with one attached hydrogen (secondary N) is 1. The maximum absolute atomic E-state index is 13.7. The first-order valence-corrected chi connectivity index (χ1v) is 12.7. The first-order chi connectivity index (χ1) is 15.9. The fourth-order valence-corrected chi connectivity index (χ4v) is 5.82. The van der Waals surface area contributed by atoms with Crippen molar-refractivity contribution in [2.75, 3.05) is 25.4 Å². The second-order valence-electron chi connectivity index (χ2n) is 10.1. The summed E-state index contributed by atoms with van der Waals surface area (Å²) in [5, 5.41) is 14.0. The highest BCUT2D eigenvalue weighted by Crippen LogP contribution is 2.36. The normalized spacial score (nSPS) is 25.3. The van der Waals surface area contributed by atoms with Crippen LogP contribution in [0.25, 0.3) is 0 Å². The molecule has 3 aliphatic rings. The SMILES string of the molecule is CCCCN1C(=O)[C@@H]([C@H](O)C2CCCCC2)NC(=O)C12CCN(Cc1ccc(N)nc1)CC2. The Morgan fingerprint density at radius 1 is 1.21 bits per heavy atom. The van der Waals surface area contributed by atoms with Crippen molar-refractivity contribution in [2.24, 2.45) is 5.92 Å². The number of nitrogens with two attached hydrogens (primary N) is 1. The molecule has 4 N–H and O–H groups in total. The van der Waals surface area contributed by atoms with Gasteiger partial charge in [-0.05, 0) is 49.7 Å². The minimum atomic E-state index is -0.818. The fraction of sp³-hybridized carbons (Fsp3) is 0.720. The van der Waals surface area contributed by atoms with Gasteiger partial charge < -0.3 is 21.1 Å². The predicted molar refractivity (Wildman–Crippen MR) is 127 cm³/mol. The second-order valence-corrected chi connectivity index (χ2v) is 10.1. The summed E-state index contributed by atoms with van der Waals surface area (Å²) in [6.45, 7) is 4.86. The lowest BCUT2D eigenvalue weighted by Crippen LogP contribution is -2.75. The molecule has 4 rings (SSSR count). The molecule has 0 radical (unpaired) electrons. The van der Waals surface area contributed by atoms with Crippen molar-refractivity contribution in [1.82, 2.24) is 20.1 Å². The summed E-state index contributed by atoms with van der Waals surface area (Å²) in [6.07, 6.45) is 9.20. The third-order valence-corrected chi connectivity index (χ3v) is 7.90. The van der Waals surface area contributed by atoms with E-state index in [4.69, 9.17) is 5.73 Å². The van der Waals surface area contributed by atoms with Crippen LogP contribution < -0.4 is 11.1 Å². The van der Waals surface area contributed by atoms with Crippen molar-refractivity contribution in [1.29, 1.82) is 0 Å². The van der Waals surface area contributed by atoms with Gasteiger partial charge in [0.25, 0.3) is 0 Å². The van der Waals surface area contributed by atoms with Gasteiger partial charge in [-0.3, -0.25) is 14.5 Å². The van der Waals surface area contributed by atoms with E-state index in [0.717, 1.165) is 63.7 Å². The molecule has 33 heavy (non-hydrogen) atoms. The van der Waals surface area contributed by atoms with Crippen LogP contribution in [0.5, 0.6) is 0 Å². The minimum absolute atomic E-state index is 0.0884. The lowest BCUT2D eigenvalue weighted by Gasteiger charge is -2.52. The molecule has 2 saturated heterocycles. The van der Waals surface area contributed by atoms with Crippen molar-refractivity contribution in [2.45, 2.75) is 88.9 Å². The highest BCUT2D eigenvalue weighted by atomic mass is 16.3. The Labute approximate surface area is 196 Å². The summed E-state index contributed by atoms with van der Waals surface area (Å²) in [7, 11) is 0. The molecule has 1 aromatic heterocycles. The number of amides is 2. The number of piperidine rings is 1. The molecular formula is C25H39N5O3. The van der Waals surface area contributed by atoms with Crippen molar-refractivity contribution in [3.8, 4) is 0 Å². The molecule has 2 atom stereocenters. The summed E-state index contributed by atoms with van der Waals surface area (Å²) in [5.41, 5.74) is 5.96. The third kappa shape index (κ3) is 5.01. The van der Waals surface area contributed by atoms with E-state index in [1.807, 2.05) is 11.0 Å². The summed E-state index contributed by atoms with van der Waals surface area (Å²) < 4.78 is 0. The standard InChI is InChI=1S/C25H39N5O3/c1-2-3-13-30-23(32)21(22(31)19-7-5-4-6-8-19)28-24(33)25(30)11-14-29(15-12-25)17-18-9-10-20(26)27-16-18/h9-10,16,19,21-22,31H,2-8,11-15,17H2,1H3,(H2,26,27)(H,28,33)/t21-,22-/m1/s1. The van der Waals surface area contributed by atoms with E-state index in [9.17, 15) is 14.7 Å². The zero-order valence-electron chi connectivity index (χ0n) is 19.8. The van der Waals surface area contributed by atoms with E-state index in [0.29, 0.717) is 25.2 Å². The monoisotopic (exact) mass is 457 g/mol. The van der Waals surface area contributed by atoms with Gasteiger partial charge >= 0.3 is 0 Å². The largest absolute Gasteiger partial charge is 0.390 e. The zero-order valence-corrected chi connectivity index (χ0v) is 19.8. The summed E-state index contributed by atoms with van der Waals surface area (Å²) in [6, 6.07) is 2.97. The Hall–Kier alpha value is -2.19. The zero-order chi connectivity index (χ0) is 23.4. The molecule has 1 spiro atoms. The van der Waals surface area contributed by atoms with Gasteiger partial charge in [-0.15, -0.1) is 0 Å². The first-order valence-electron chi connectivity index (χ1n) is 12.7. The number of unbranched alkanes of at least 4 members (excludes halogenated alkanes) is 1. The average Bonchev–Trinajstić information content (AvgIpc) is 2.84. The van der Waals surface area contributed by atoms with Crippen molar-refractivity contribution >= 4 is 17.6 Å². The van der Waals surface area contributed by atoms with Gasteiger partial charge in [0.2, 0.25) is 11.8 Å². The molecule has 182 valence electrons. The Kier molecular flexibility index (Phi) is 7.54. The van der Waals surface area contributed by atoms with Crippen molar-refractivity contribution in [3.05, 3.63) is 23.9 Å². The van der Waals surface area contributed by atoms with Crippen LogP contribution in [0.2, 0.25) is 0 Å². The van der Waals surface area contributed by atoms with Crippen LogP contribution in [0.3, 0.4) is 0 Å². The summed E-state index contributed by atoms with van der Waals surface area (Å²) >= 11 is 0. The maximum Gasteiger partial charge on any atom is 0.248 e. The molecule has 0 unspecified atom stereocenters. The molecule has 2 aliphatic heterocycles. The first kappa shape index (κ1) is 24.0. The molecule has 2 amide bonds. The fourth-order valence-electron chi connectivity index (χ4n) is 5.82. The van der Waals surface area contributed by atoms with Crippen LogP contribution in [0.4, 0.5) is 5.82 Å². The highest BCUT2D eigenvalue weighted by Gasteiger charge is 2.55. The number of hydrogen-bond acceptors (Lipinski definition) is 6.